The Morgan fingerprint density at radius 3 is 2.57 bits per heavy atom. The molecule has 0 aliphatic heterocycles. The highest BCUT2D eigenvalue weighted by Crippen LogP contribution is 2.25. The van der Waals surface area contributed by atoms with Gasteiger partial charge in [-0.25, -0.2) is 0 Å². The van der Waals surface area contributed by atoms with Gasteiger partial charge in [-0.05, 0) is 30.2 Å². The van der Waals surface area contributed by atoms with Gasteiger partial charge in [0.15, 0.2) is 0 Å². The van der Waals surface area contributed by atoms with Crippen molar-refractivity contribution in [1.82, 2.24) is 4.57 Å². The summed E-state index contributed by atoms with van der Waals surface area (Å²) in [5.74, 6) is 0. The first kappa shape index (κ1) is 13.8. The molecular formula is C16H13BrN2O2. The summed E-state index contributed by atoms with van der Waals surface area (Å²) in [6.45, 7) is 0.845. The van der Waals surface area contributed by atoms with E-state index in [2.05, 4.69) is 38.8 Å². The molecule has 0 unspecified atom stereocenters. The predicted molar refractivity (Wildman–Crippen MR) is 86.4 cm³/mol. The number of halogens is 1. The van der Waals surface area contributed by atoms with Crippen LogP contribution in [0, 0.1) is 10.1 Å². The number of nitro groups is 1. The molecule has 3 rings (SSSR count). The molecule has 0 spiro atoms. The van der Waals surface area contributed by atoms with Crippen LogP contribution in [0.15, 0.2) is 59.2 Å². The van der Waals surface area contributed by atoms with E-state index in [1.807, 2.05) is 24.3 Å². The van der Waals surface area contributed by atoms with Crippen LogP contribution in [0.5, 0.6) is 0 Å². The van der Waals surface area contributed by atoms with Crippen molar-refractivity contribution in [3.63, 3.8) is 0 Å². The van der Waals surface area contributed by atoms with Crippen LogP contribution in [-0.4, -0.2) is 9.49 Å². The third-order valence-corrected chi connectivity index (χ3v) is 4.24. The van der Waals surface area contributed by atoms with Crippen LogP contribution in [0.3, 0.4) is 0 Å². The van der Waals surface area contributed by atoms with Crippen molar-refractivity contribution >= 4 is 32.5 Å². The third kappa shape index (κ3) is 2.83. The molecular weight excluding hydrogens is 332 g/mol. The van der Waals surface area contributed by atoms with Crippen molar-refractivity contribution in [3.8, 4) is 0 Å². The second-order valence-electron chi connectivity index (χ2n) is 4.86. The molecule has 106 valence electrons. The van der Waals surface area contributed by atoms with Crippen LogP contribution in [0.2, 0.25) is 0 Å². The summed E-state index contributed by atoms with van der Waals surface area (Å²) in [6.07, 6.45) is 2.91. The largest absolute Gasteiger partial charge is 0.347 e. The van der Waals surface area contributed by atoms with Gasteiger partial charge in [0.05, 0.1) is 4.92 Å². The normalized spacial score (nSPS) is 10.9. The van der Waals surface area contributed by atoms with Gasteiger partial charge in [0, 0.05) is 40.2 Å². The summed E-state index contributed by atoms with van der Waals surface area (Å²) >= 11 is 3.55. The van der Waals surface area contributed by atoms with Gasteiger partial charge in [0.25, 0.3) is 5.69 Å². The number of aromatic nitrogens is 1. The smallest absolute Gasteiger partial charge is 0.269 e. The first-order chi connectivity index (χ1) is 10.1. The Kier molecular flexibility index (Phi) is 3.75. The fourth-order valence-corrected chi connectivity index (χ4v) is 2.90. The second-order valence-corrected chi connectivity index (χ2v) is 5.71. The molecule has 0 radical (unpaired) electrons. The van der Waals surface area contributed by atoms with Gasteiger partial charge < -0.3 is 4.57 Å². The van der Waals surface area contributed by atoms with Crippen molar-refractivity contribution in [2.45, 2.75) is 13.0 Å². The molecule has 1 heterocycles. The fraction of sp³-hybridized carbons (Fsp3) is 0.125. The number of nitro benzene ring substituents is 1. The maximum absolute atomic E-state index is 10.6. The number of hydrogen-bond donors (Lipinski definition) is 0. The number of benzene rings is 2. The lowest BCUT2D eigenvalue weighted by atomic mass is 10.1. The van der Waals surface area contributed by atoms with Gasteiger partial charge in [0.1, 0.15) is 0 Å². The van der Waals surface area contributed by atoms with E-state index in [1.165, 1.54) is 10.9 Å². The molecule has 5 heteroatoms. The molecule has 0 atom stereocenters. The molecule has 0 bridgehead atoms. The highest BCUT2D eigenvalue weighted by Gasteiger charge is 2.06. The van der Waals surface area contributed by atoms with Crippen molar-refractivity contribution < 1.29 is 4.92 Å². The second kappa shape index (κ2) is 5.69. The highest BCUT2D eigenvalue weighted by molar-refractivity contribution is 9.10. The molecule has 21 heavy (non-hydrogen) atoms. The summed E-state index contributed by atoms with van der Waals surface area (Å²) in [5, 5.41) is 11.8. The van der Waals surface area contributed by atoms with Crippen molar-refractivity contribution in [1.29, 1.82) is 0 Å². The SMILES string of the molecule is O=[N+]([O-])c1ccc(CCn2ccc3c(Br)cccc32)cc1. The Bertz CT molecular complexity index is 794. The van der Waals surface area contributed by atoms with Crippen LogP contribution >= 0.6 is 15.9 Å². The van der Waals surface area contributed by atoms with Gasteiger partial charge >= 0.3 is 0 Å². The average Bonchev–Trinajstić information content (AvgIpc) is 2.90. The third-order valence-electron chi connectivity index (χ3n) is 3.55. The summed E-state index contributed by atoms with van der Waals surface area (Å²) in [7, 11) is 0. The first-order valence-electron chi connectivity index (χ1n) is 6.62. The molecule has 4 nitrogen and oxygen atoms in total. The number of aryl methyl sites for hydroxylation is 2. The van der Waals surface area contributed by atoms with E-state index in [9.17, 15) is 10.1 Å². The van der Waals surface area contributed by atoms with Crippen LogP contribution < -0.4 is 0 Å². The Balaban J connectivity index is 1.77. The van der Waals surface area contributed by atoms with Crippen LogP contribution in [0.1, 0.15) is 5.56 Å². The summed E-state index contributed by atoms with van der Waals surface area (Å²) < 4.78 is 3.29. The average molecular weight is 345 g/mol. The molecule has 0 aliphatic carbocycles. The van der Waals surface area contributed by atoms with Crippen molar-refractivity contribution in [3.05, 3.63) is 74.9 Å². The van der Waals surface area contributed by atoms with Gasteiger partial charge in [-0.2, -0.15) is 0 Å². The zero-order chi connectivity index (χ0) is 14.8. The highest BCUT2D eigenvalue weighted by atomic mass is 79.9. The molecule has 0 fully saturated rings. The number of rotatable bonds is 4. The summed E-state index contributed by atoms with van der Waals surface area (Å²) in [4.78, 5) is 10.3. The Labute approximate surface area is 130 Å². The lowest BCUT2D eigenvalue weighted by Crippen LogP contribution is -1.99. The lowest BCUT2D eigenvalue weighted by molar-refractivity contribution is -0.384. The van der Waals surface area contributed by atoms with E-state index in [-0.39, 0.29) is 10.6 Å². The monoisotopic (exact) mass is 344 g/mol. The zero-order valence-corrected chi connectivity index (χ0v) is 12.8. The first-order valence-corrected chi connectivity index (χ1v) is 7.41. The van der Waals surface area contributed by atoms with E-state index in [0.29, 0.717) is 0 Å². The lowest BCUT2D eigenvalue weighted by Gasteiger charge is -2.06. The standard InChI is InChI=1S/C16H13BrN2O2/c17-15-2-1-3-16-14(15)9-11-18(16)10-8-12-4-6-13(7-5-12)19(20)21/h1-7,9,11H,8,10H2. The van der Waals surface area contributed by atoms with Gasteiger partial charge in [-0.1, -0.05) is 34.1 Å². The number of non-ortho nitro benzene ring substituents is 1. The van der Waals surface area contributed by atoms with Crippen LogP contribution in [0.25, 0.3) is 10.9 Å². The predicted octanol–water partition coefficient (Wildman–Crippen LogP) is 4.55. The van der Waals surface area contributed by atoms with E-state index >= 15 is 0 Å². The van der Waals surface area contributed by atoms with Crippen molar-refractivity contribution in [2.75, 3.05) is 0 Å². The topological polar surface area (TPSA) is 48.1 Å². The zero-order valence-electron chi connectivity index (χ0n) is 11.2. The van der Waals surface area contributed by atoms with Gasteiger partial charge in [-0.3, -0.25) is 10.1 Å². The van der Waals surface area contributed by atoms with Gasteiger partial charge in [0.2, 0.25) is 0 Å². The number of nitrogens with zero attached hydrogens (tertiary/aromatic N) is 2. The molecule has 1 aromatic heterocycles. The minimum Gasteiger partial charge on any atom is -0.347 e. The maximum atomic E-state index is 10.6. The number of fused-ring (bicyclic) bond motifs is 1. The van der Waals surface area contributed by atoms with Crippen molar-refractivity contribution in [2.24, 2.45) is 0 Å². The van der Waals surface area contributed by atoms with Gasteiger partial charge in [-0.15, -0.1) is 0 Å². The van der Waals surface area contributed by atoms with E-state index in [0.717, 1.165) is 23.0 Å². The Morgan fingerprint density at radius 2 is 1.86 bits per heavy atom. The molecule has 0 aliphatic rings. The molecule has 0 amide bonds. The van der Waals surface area contributed by atoms with E-state index in [1.54, 1.807) is 12.1 Å². The molecule has 0 saturated carbocycles. The summed E-state index contributed by atoms with van der Waals surface area (Å²) in [6, 6.07) is 15.0. The van der Waals surface area contributed by atoms with Crippen LogP contribution in [0.4, 0.5) is 5.69 Å². The number of hydrogen-bond acceptors (Lipinski definition) is 2. The molecule has 0 N–H and O–H groups in total. The minimum atomic E-state index is -0.374. The van der Waals surface area contributed by atoms with E-state index in [4.69, 9.17) is 0 Å². The molecule has 0 saturated heterocycles. The Morgan fingerprint density at radius 1 is 1.10 bits per heavy atom. The fourth-order valence-electron chi connectivity index (χ4n) is 2.41. The van der Waals surface area contributed by atoms with Crippen LogP contribution in [-0.2, 0) is 13.0 Å². The van der Waals surface area contributed by atoms with E-state index < -0.39 is 0 Å². The maximum Gasteiger partial charge on any atom is 0.269 e. The Hall–Kier alpha value is -2.14. The molecule has 2 aromatic carbocycles. The minimum absolute atomic E-state index is 0.133. The summed E-state index contributed by atoms with van der Waals surface area (Å²) in [5.41, 5.74) is 2.41. The quantitative estimate of drug-likeness (QED) is 0.514. The molecule has 3 aromatic rings.